The average Bonchev–Trinajstić information content (AvgIpc) is 3.18. The Labute approximate surface area is 173 Å². The minimum absolute atomic E-state index is 0.0974. The van der Waals surface area contributed by atoms with Crippen LogP contribution in [-0.2, 0) is 23.9 Å². The van der Waals surface area contributed by atoms with Crippen molar-refractivity contribution in [2.75, 3.05) is 13.7 Å². The Morgan fingerprint density at radius 3 is 2.33 bits per heavy atom. The van der Waals surface area contributed by atoms with Gasteiger partial charge in [0.2, 0.25) is 5.91 Å². The van der Waals surface area contributed by atoms with Crippen LogP contribution in [-0.4, -0.2) is 31.6 Å². The van der Waals surface area contributed by atoms with Crippen LogP contribution in [0.25, 0.3) is 0 Å². The number of ether oxygens (including phenoxy) is 2. The number of carbonyl (C=O) groups is 3. The van der Waals surface area contributed by atoms with E-state index in [0.29, 0.717) is 25.7 Å². The lowest BCUT2D eigenvalue weighted by Gasteiger charge is -2.27. The van der Waals surface area contributed by atoms with Gasteiger partial charge in [-0.25, -0.2) is 13.6 Å². The SMILES string of the molecule is CCOC(=O)C=C(NC(=O)C1(C(=O)OC)CCCC1)N[C@@H](C)c1c(F)cccc1F. The zero-order valence-corrected chi connectivity index (χ0v) is 17.2. The van der Waals surface area contributed by atoms with Crippen molar-refractivity contribution in [3.05, 3.63) is 47.3 Å². The molecular formula is C21H26F2N2O5. The maximum atomic E-state index is 14.1. The van der Waals surface area contributed by atoms with Crippen LogP contribution in [0.2, 0.25) is 0 Å². The summed E-state index contributed by atoms with van der Waals surface area (Å²) in [5, 5.41) is 5.24. The van der Waals surface area contributed by atoms with Crippen LogP contribution in [0.15, 0.2) is 30.1 Å². The maximum absolute atomic E-state index is 14.1. The van der Waals surface area contributed by atoms with Gasteiger partial charge in [0, 0.05) is 5.56 Å². The molecule has 0 unspecified atom stereocenters. The number of carbonyl (C=O) groups excluding carboxylic acids is 3. The molecule has 7 nitrogen and oxygen atoms in total. The number of methoxy groups -OCH3 is 1. The molecule has 2 rings (SSSR count). The minimum atomic E-state index is -1.38. The average molecular weight is 424 g/mol. The predicted octanol–water partition coefficient (Wildman–Crippen LogP) is 2.87. The Balaban J connectivity index is 2.30. The summed E-state index contributed by atoms with van der Waals surface area (Å²) in [4.78, 5) is 37.2. The van der Waals surface area contributed by atoms with E-state index in [-0.39, 0.29) is 18.0 Å². The van der Waals surface area contributed by atoms with Crippen molar-refractivity contribution in [1.29, 1.82) is 0 Å². The molecule has 1 atom stereocenters. The van der Waals surface area contributed by atoms with Crippen molar-refractivity contribution in [1.82, 2.24) is 10.6 Å². The Hall–Kier alpha value is -2.97. The van der Waals surface area contributed by atoms with Gasteiger partial charge < -0.3 is 20.1 Å². The van der Waals surface area contributed by atoms with Gasteiger partial charge in [-0.05, 0) is 38.8 Å². The third kappa shape index (κ3) is 5.14. The molecule has 1 fully saturated rings. The molecule has 30 heavy (non-hydrogen) atoms. The molecule has 1 aromatic carbocycles. The van der Waals surface area contributed by atoms with E-state index in [1.165, 1.54) is 20.1 Å². The van der Waals surface area contributed by atoms with Crippen LogP contribution in [0.3, 0.4) is 0 Å². The van der Waals surface area contributed by atoms with Gasteiger partial charge in [-0.15, -0.1) is 0 Å². The molecule has 1 saturated carbocycles. The number of hydrogen-bond donors (Lipinski definition) is 2. The second kappa shape index (κ2) is 10.2. The molecule has 0 radical (unpaired) electrons. The molecule has 0 spiro atoms. The molecule has 1 amide bonds. The number of halogens is 2. The zero-order chi connectivity index (χ0) is 22.3. The summed E-state index contributed by atoms with van der Waals surface area (Å²) >= 11 is 0. The van der Waals surface area contributed by atoms with Crippen LogP contribution in [0, 0.1) is 17.0 Å². The first kappa shape index (κ1) is 23.3. The lowest BCUT2D eigenvalue weighted by molar-refractivity contribution is -0.158. The van der Waals surface area contributed by atoms with Gasteiger partial charge in [-0.2, -0.15) is 0 Å². The smallest absolute Gasteiger partial charge is 0.334 e. The summed E-state index contributed by atoms with van der Waals surface area (Å²) in [7, 11) is 1.20. The van der Waals surface area contributed by atoms with Gasteiger partial charge in [0.15, 0.2) is 0 Å². The van der Waals surface area contributed by atoms with Crippen molar-refractivity contribution in [3.8, 4) is 0 Å². The molecule has 0 aliphatic heterocycles. The molecule has 0 heterocycles. The lowest BCUT2D eigenvalue weighted by Crippen LogP contribution is -2.47. The second-order valence-corrected chi connectivity index (χ2v) is 7.05. The van der Waals surface area contributed by atoms with Crippen LogP contribution < -0.4 is 10.6 Å². The van der Waals surface area contributed by atoms with E-state index in [9.17, 15) is 23.2 Å². The standard InChI is InChI=1S/C21H26F2N2O5/c1-4-30-17(26)12-16(24-13(2)18-14(22)8-7-9-15(18)23)25-19(27)21(20(28)29-3)10-5-6-11-21/h7-9,12-13,24H,4-6,10-11H2,1-3H3,(H,25,27)/t13-/m0/s1. The third-order valence-electron chi connectivity index (χ3n) is 5.07. The first-order valence-corrected chi connectivity index (χ1v) is 9.74. The molecule has 1 aliphatic carbocycles. The van der Waals surface area contributed by atoms with Gasteiger partial charge in [0.05, 0.1) is 25.8 Å². The van der Waals surface area contributed by atoms with Crippen LogP contribution in [0.1, 0.15) is 51.1 Å². The summed E-state index contributed by atoms with van der Waals surface area (Å²) in [6.45, 7) is 3.18. The lowest BCUT2D eigenvalue weighted by atomic mass is 9.85. The van der Waals surface area contributed by atoms with Gasteiger partial charge in [-0.3, -0.25) is 9.59 Å². The van der Waals surface area contributed by atoms with E-state index in [0.717, 1.165) is 18.2 Å². The molecule has 164 valence electrons. The minimum Gasteiger partial charge on any atom is -0.468 e. The summed E-state index contributed by atoms with van der Waals surface area (Å²) < 4.78 is 37.9. The Kier molecular flexibility index (Phi) is 7.91. The Bertz CT molecular complexity index is 814. The van der Waals surface area contributed by atoms with Crippen molar-refractivity contribution in [3.63, 3.8) is 0 Å². The van der Waals surface area contributed by atoms with Crippen molar-refractivity contribution in [2.45, 2.75) is 45.6 Å². The van der Waals surface area contributed by atoms with Crippen LogP contribution in [0.4, 0.5) is 8.78 Å². The van der Waals surface area contributed by atoms with Gasteiger partial charge in [0.25, 0.3) is 0 Å². The topological polar surface area (TPSA) is 93.7 Å². The highest BCUT2D eigenvalue weighted by Crippen LogP contribution is 2.39. The second-order valence-electron chi connectivity index (χ2n) is 7.05. The number of rotatable bonds is 8. The van der Waals surface area contributed by atoms with E-state index < -0.39 is 40.9 Å². The highest BCUT2D eigenvalue weighted by molar-refractivity contribution is 6.03. The monoisotopic (exact) mass is 424 g/mol. The molecule has 0 bridgehead atoms. The zero-order valence-electron chi connectivity index (χ0n) is 17.2. The van der Waals surface area contributed by atoms with Gasteiger partial charge in [-0.1, -0.05) is 18.9 Å². The number of hydrogen-bond acceptors (Lipinski definition) is 6. The molecule has 2 N–H and O–H groups in total. The fourth-order valence-corrected chi connectivity index (χ4v) is 3.59. The predicted molar refractivity (Wildman–Crippen MR) is 104 cm³/mol. The number of esters is 2. The van der Waals surface area contributed by atoms with Crippen molar-refractivity contribution >= 4 is 17.8 Å². The molecule has 1 aliphatic rings. The summed E-state index contributed by atoms with van der Waals surface area (Å²) in [6.07, 6.45) is 2.91. The fraction of sp³-hybridized carbons (Fsp3) is 0.476. The highest BCUT2D eigenvalue weighted by Gasteiger charge is 2.49. The van der Waals surface area contributed by atoms with E-state index in [1.807, 2.05) is 0 Å². The third-order valence-corrected chi connectivity index (χ3v) is 5.07. The van der Waals surface area contributed by atoms with Gasteiger partial charge >= 0.3 is 11.9 Å². The number of benzene rings is 1. The summed E-state index contributed by atoms with van der Waals surface area (Å²) in [5.41, 5.74) is -1.64. The fourth-order valence-electron chi connectivity index (χ4n) is 3.59. The maximum Gasteiger partial charge on any atom is 0.334 e. The summed E-state index contributed by atoms with van der Waals surface area (Å²) in [5.74, 6) is -3.78. The Morgan fingerprint density at radius 1 is 1.20 bits per heavy atom. The van der Waals surface area contributed by atoms with E-state index in [1.54, 1.807) is 6.92 Å². The quantitative estimate of drug-likeness (QED) is 0.379. The van der Waals surface area contributed by atoms with E-state index in [2.05, 4.69) is 10.6 Å². The number of amides is 1. The molecule has 0 saturated heterocycles. The van der Waals surface area contributed by atoms with Crippen LogP contribution in [0.5, 0.6) is 0 Å². The molecule has 9 heteroatoms. The largest absolute Gasteiger partial charge is 0.468 e. The van der Waals surface area contributed by atoms with Gasteiger partial charge in [0.1, 0.15) is 22.9 Å². The van der Waals surface area contributed by atoms with E-state index in [4.69, 9.17) is 9.47 Å². The number of nitrogens with one attached hydrogen (secondary N) is 2. The van der Waals surface area contributed by atoms with E-state index >= 15 is 0 Å². The normalized spacial score (nSPS) is 16.5. The highest BCUT2D eigenvalue weighted by atomic mass is 19.1. The van der Waals surface area contributed by atoms with Crippen molar-refractivity contribution in [2.24, 2.45) is 5.41 Å². The summed E-state index contributed by atoms with van der Waals surface area (Å²) in [6, 6.07) is 2.51. The molecule has 0 aromatic heterocycles. The Morgan fingerprint density at radius 2 is 1.80 bits per heavy atom. The molecular weight excluding hydrogens is 398 g/mol. The first-order chi connectivity index (χ1) is 14.2. The molecule has 1 aromatic rings. The first-order valence-electron chi connectivity index (χ1n) is 9.74. The van der Waals surface area contributed by atoms with Crippen LogP contribution >= 0.6 is 0 Å². The van der Waals surface area contributed by atoms with Crippen molar-refractivity contribution < 1.29 is 32.6 Å².